The first-order chi connectivity index (χ1) is 6.92. The van der Waals surface area contributed by atoms with E-state index in [1.807, 2.05) is 13.0 Å². The second kappa shape index (κ2) is 4.81. The Labute approximate surface area is 116 Å². The molecule has 0 aromatic carbocycles. The van der Waals surface area contributed by atoms with Crippen LogP contribution in [-0.4, -0.2) is 23.0 Å². The summed E-state index contributed by atoms with van der Waals surface area (Å²) in [6.45, 7) is 5.69. The Balaban J connectivity index is 3.17. The van der Waals surface area contributed by atoms with E-state index >= 15 is 0 Å². The molecule has 15 heavy (non-hydrogen) atoms. The monoisotopic (exact) mass is 431 g/mol. The highest BCUT2D eigenvalue weighted by Crippen LogP contribution is 2.40. The predicted molar refractivity (Wildman–Crippen MR) is 77.1 cm³/mol. The quantitative estimate of drug-likeness (QED) is 0.254. The number of hydrogen-bond acceptors (Lipinski definition) is 3. The Morgan fingerprint density at radius 2 is 2.27 bits per heavy atom. The number of aromatic amines is 1. The number of hydrogen-bond donors (Lipinski definition) is 2. The van der Waals surface area contributed by atoms with Crippen LogP contribution in [0.15, 0.2) is 12.7 Å². The number of aromatic nitrogens is 2. The van der Waals surface area contributed by atoms with Gasteiger partial charge in [0.1, 0.15) is 1.43 Å². The van der Waals surface area contributed by atoms with Crippen molar-refractivity contribution in [2.45, 2.75) is 8.35 Å². The van der Waals surface area contributed by atoms with Gasteiger partial charge in [-0.25, -0.2) is 4.98 Å². The fourth-order valence-corrected chi connectivity index (χ4v) is 2.14. The zero-order valence-electron chi connectivity index (χ0n) is 8.40. The van der Waals surface area contributed by atoms with Crippen molar-refractivity contribution in [1.29, 1.82) is 5.41 Å². The van der Waals surface area contributed by atoms with Crippen LogP contribution in [0.1, 0.15) is 17.2 Å². The molecule has 4 nitrogen and oxygen atoms in total. The van der Waals surface area contributed by atoms with Gasteiger partial charge in [-0.05, 0) is 6.92 Å². The van der Waals surface area contributed by atoms with Crippen LogP contribution in [0, 0.1) is 12.3 Å². The molecule has 0 aliphatic rings. The van der Waals surface area contributed by atoms with E-state index in [2.05, 4.69) is 61.7 Å². The summed E-state index contributed by atoms with van der Waals surface area (Å²) in [6, 6.07) is 0. The highest BCUT2D eigenvalue weighted by Gasteiger charge is 2.27. The SMILES string of the molecule is C=CC(I)(I)c1nc(C(=N)OC)[nH]c1C. The average Bonchev–Trinajstić information content (AvgIpc) is 2.60. The number of rotatable bonds is 3. The maximum absolute atomic E-state index is 7.50. The van der Waals surface area contributed by atoms with Crippen LogP contribution in [0.5, 0.6) is 0 Å². The van der Waals surface area contributed by atoms with E-state index in [9.17, 15) is 0 Å². The molecule has 1 aromatic heterocycles. The van der Waals surface area contributed by atoms with Crippen molar-refractivity contribution in [3.63, 3.8) is 0 Å². The largest absolute Gasteiger partial charge is 0.479 e. The van der Waals surface area contributed by atoms with Gasteiger partial charge in [0, 0.05) is 5.69 Å². The third-order valence-corrected chi connectivity index (χ3v) is 3.78. The average molecular weight is 431 g/mol. The van der Waals surface area contributed by atoms with Crippen LogP contribution in [0.2, 0.25) is 0 Å². The number of halogens is 2. The summed E-state index contributed by atoms with van der Waals surface area (Å²) in [6.07, 6.45) is 1.82. The lowest BCUT2D eigenvalue weighted by atomic mass is 10.2. The first-order valence-electron chi connectivity index (χ1n) is 4.13. The molecule has 1 rings (SSSR count). The topological polar surface area (TPSA) is 61.8 Å². The number of H-pyrrole nitrogens is 1. The summed E-state index contributed by atoms with van der Waals surface area (Å²) < 4.78 is 4.55. The van der Waals surface area contributed by atoms with Gasteiger partial charge in [-0.3, -0.25) is 5.41 Å². The molecule has 0 radical (unpaired) electrons. The molecular weight excluding hydrogens is 420 g/mol. The lowest BCUT2D eigenvalue weighted by molar-refractivity contribution is 0.398. The van der Waals surface area contributed by atoms with Crippen LogP contribution in [0.3, 0.4) is 0 Å². The standard InChI is InChI=1S/C9H11I2N3O/c1-4-9(10,11)6-5(2)13-8(14-6)7(12)15-3/h4,12H,1H2,2-3H3,(H,13,14). The molecule has 1 aromatic rings. The van der Waals surface area contributed by atoms with Crippen molar-refractivity contribution in [3.05, 3.63) is 29.9 Å². The molecule has 6 heteroatoms. The minimum Gasteiger partial charge on any atom is -0.479 e. The summed E-state index contributed by atoms with van der Waals surface area (Å²) in [4.78, 5) is 7.35. The summed E-state index contributed by atoms with van der Waals surface area (Å²) in [7, 11) is 1.45. The second-order valence-corrected chi connectivity index (χ2v) is 8.39. The van der Waals surface area contributed by atoms with Crippen LogP contribution in [0.25, 0.3) is 0 Å². The summed E-state index contributed by atoms with van der Waals surface area (Å²) in [5.41, 5.74) is 1.80. The molecule has 0 saturated carbocycles. The van der Waals surface area contributed by atoms with Gasteiger partial charge in [-0.15, -0.1) is 6.58 Å². The van der Waals surface area contributed by atoms with Gasteiger partial charge in [0.2, 0.25) is 5.90 Å². The molecule has 0 fully saturated rings. The Bertz CT molecular complexity index is 398. The summed E-state index contributed by atoms with van der Waals surface area (Å²) >= 11 is 4.51. The molecule has 0 aliphatic heterocycles. The number of nitrogens with zero attached hydrogens (tertiary/aromatic N) is 1. The van der Waals surface area contributed by atoms with Crippen LogP contribution >= 0.6 is 45.2 Å². The normalized spacial score (nSPS) is 11.2. The highest BCUT2D eigenvalue weighted by atomic mass is 127. The van der Waals surface area contributed by atoms with E-state index in [0.717, 1.165) is 11.4 Å². The van der Waals surface area contributed by atoms with Gasteiger partial charge in [-0.1, -0.05) is 51.3 Å². The van der Waals surface area contributed by atoms with E-state index in [0.29, 0.717) is 5.82 Å². The van der Waals surface area contributed by atoms with Crippen LogP contribution < -0.4 is 0 Å². The van der Waals surface area contributed by atoms with Crippen molar-refractivity contribution in [2.24, 2.45) is 0 Å². The number of nitrogens with one attached hydrogen (secondary N) is 2. The molecule has 0 unspecified atom stereocenters. The van der Waals surface area contributed by atoms with Crippen molar-refractivity contribution in [3.8, 4) is 0 Å². The Morgan fingerprint density at radius 1 is 1.67 bits per heavy atom. The number of allylic oxidation sites excluding steroid dienone is 1. The van der Waals surface area contributed by atoms with Crippen molar-refractivity contribution < 1.29 is 4.74 Å². The number of aryl methyl sites for hydroxylation is 1. The maximum atomic E-state index is 7.50. The minimum absolute atomic E-state index is 0.0389. The van der Waals surface area contributed by atoms with Crippen LogP contribution in [0.4, 0.5) is 0 Å². The van der Waals surface area contributed by atoms with Gasteiger partial charge in [0.05, 0.1) is 12.8 Å². The fraction of sp³-hybridized carbons (Fsp3) is 0.333. The Morgan fingerprint density at radius 3 is 2.73 bits per heavy atom. The summed E-state index contributed by atoms with van der Waals surface area (Å²) in [5.74, 6) is 0.488. The van der Waals surface area contributed by atoms with Crippen LogP contribution in [-0.2, 0) is 6.17 Å². The number of ether oxygens (including phenoxy) is 1. The molecule has 1 heterocycles. The second-order valence-electron chi connectivity index (χ2n) is 2.92. The number of alkyl halides is 2. The first-order valence-corrected chi connectivity index (χ1v) is 6.29. The van der Waals surface area contributed by atoms with E-state index in [1.165, 1.54) is 7.11 Å². The molecule has 0 amide bonds. The molecule has 0 saturated heterocycles. The fourth-order valence-electron chi connectivity index (χ4n) is 1.09. The molecule has 0 bridgehead atoms. The van der Waals surface area contributed by atoms with E-state index < -0.39 is 0 Å². The number of methoxy groups -OCH3 is 1. The molecule has 2 N–H and O–H groups in total. The Hall–Kier alpha value is -0.120. The zero-order valence-corrected chi connectivity index (χ0v) is 12.7. The zero-order chi connectivity index (χ0) is 11.6. The third kappa shape index (κ3) is 2.71. The molecule has 0 atom stereocenters. The highest BCUT2D eigenvalue weighted by molar-refractivity contribution is 14.2. The lowest BCUT2D eigenvalue weighted by Gasteiger charge is -2.13. The van der Waals surface area contributed by atoms with E-state index in [4.69, 9.17) is 10.1 Å². The number of imidazole rings is 1. The van der Waals surface area contributed by atoms with Gasteiger partial charge in [0.25, 0.3) is 0 Å². The van der Waals surface area contributed by atoms with E-state index in [1.54, 1.807) is 0 Å². The molecule has 0 aliphatic carbocycles. The molecule has 82 valence electrons. The summed E-state index contributed by atoms with van der Waals surface area (Å²) in [5, 5.41) is 7.50. The van der Waals surface area contributed by atoms with Gasteiger partial charge in [0.15, 0.2) is 5.82 Å². The lowest BCUT2D eigenvalue weighted by Crippen LogP contribution is -2.08. The third-order valence-electron chi connectivity index (χ3n) is 1.88. The molecular formula is C9H11I2N3O. The predicted octanol–water partition coefficient (Wildman–Crippen LogP) is 2.90. The smallest absolute Gasteiger partial charge is 0.249 e. The van der Waals surface area contributed by atoms with Crippen molar-refractivity contribution in [1.82, 2.24) is 9.97 Å². The Kier molecular flexibility index (Phi) is 4.15. The molecule has 0 spiro atoms. The van der Waals surface area contributed by atoms with E-state index in [-0.39, 0.29) is 7.33 Å². The maximum Gasteiger partial charge on any atom is 0.249 e. The van der Waals surface area contributed by atoms with Crippen molar-refractivity contribution >= 4 is 51.1 Å². The minimum atomic E-state index is -0.262. The van der Waals surface area contributed by atoms with Gasteiger partial charge >= 0.3 is 0 Å². The van der Waals surface area contributed by atoms with Gasteiger partial charge < -0.3 is 9.72 Å². The van der Waals surface area contributed by atoms with Crippen molar-refractivity contribution in [2.75, 3.05) is 7.11 Å². The van der Waals surface area contributed by atoms with Gasteiger partial charge in [-0.2, -0.15) is 0 Å². The first kappa shape index (κ1) is 12.9.